The van der Waals surface area contributed by atoms with E-state index in [0.717, 1.165) is 21.7 Å². The normalized spacial score (nSPS) is 20.6. The minimum atomic E-state index is -3.59. The topological polar surface area (TPSA) is 90.2 Å². The zero-order valence-electron chi connectivity index (χ0n) is 14.6. The zero-order valence-corrected chi connectivity index (χ0v) is 16.3. The van der Waals surface area contributed by atoms with Gasteiger partial charge in [0.25, 0.3) is 10.1 Å². The van der Waals surface area contributed by atoms with Gasteiger partial charge in [0.05, 0.1) is 25.1 Å². The van der Waals surface area contributed by atoms with E-state index in [1.807, 2.05) is 11.3 Å². The minimum absolute atomic E-state index is 0.104. The van der Waals surface area contributed by atoms with Crippen molar-refractivity contribution < 1.29 is 22.1 Å². The highest BCUT2D eigenvalue weighted by atomic mass is 32.2. The standard InChI is InChI=1S/C16H21N3O5S2/c1-4-5-23-16(20)18-9-13(24-26(3,21)22)6-12(18)7-14-11(2)19-10-17-8-15(19)25-14/h4,8,10,12-13H,1,5-7,9H2,2-3H3/t12-,13+/m0/s1. The van der Waals surface area contributed by atoms with Gasteiger partial charge >= 0.3 is 6.09 Å². The highest BCUT2D eigenvalue weighted by Gasteiger charge is 2.38. The number of hydrogen-bond acceptors (Lipinski definition) is 7. The molecule has 8 nitrogen and oxygen atoms in total. The summed E-state index contributed by atoms with van der Waals surface area (Å²) in [5.74, 6) is 0. The smallest absolute Gasteiger partial charge is 0.410 e. The molecule has 2 aromatic heterocycles. The lowest BCUT2D eigenvalue weighted by Gasteiger charge is -2.23. The SMILES string of the molecule is C=CCOC(=O)N1C[C@H](OS(C)(=O)=O)C[C@H]1Cc1sc2cncn2c1C. The maximum absolute atomic E-state index is 12.4. The van der Waals surface area contributed by atoms with Gasteiger partial charge in [-0.1, -0.05) is 12.7 Å². The Morgan fingerprint density at radius 1 is 1.54 bits per heavy atom. The van der Waals surface area contributed by atoms with Crippen molar-refractivity contribution in [2.45, 2.75) is 31.9 Å². The maximum Gasteiger partial charge on any atom is 0.410 e. The third-order valence-corrected chi connectivity index (χ3v) is 6.11. The number of hydrogen-bond donors (Lipinski definition) is 0. The molecule has 1 saturated heterocycles. The van der Waals surface area contributed by atoms with Crippen LogP contribution in [0, 0.1) is 6.92 Å². The Bertz CT molecular complexity index is 918. The lowest BCUT2D eigenvalue weighted by Crippen LogP contribution is -2.37. The first-order chi connectivity index (χ1) is 12.3. The number of imidazole rings is 1. The van der Waals surface area contributed by atoms with Crippen LogP contribution in [0.1, 0.15) is 17.0 Å². The van der Waals surface area contributed by atoms with E-state index in [0.29, 0.717) is 12.8 Å². The van der Waals surface area contributed by atoms with E-state index in [1.54, 1.807) is 28.8 Å². The number of thiazole rings is 1. The Kier molecular flexibility index (Phi) is 5.35. The Hall–Kier alpha value is -1.91. The molecule has 0 aliphatic carbocycles. The fourth-order valence-corrected chi connectivity index (χ4v) is 4.97. The molecular formula is C16H21N3O5S2. The molecular weight excluding hydrogens is 378 g/mol. The third-order valence-electron chi connectivity index (χ3n) is 4.26. The molecule has 1 aliphatic rings. The number of fused-ring (bicyclic) bond motifs is 1. The molecule has 3 rings (SSSR count). The maximum atomic E-state index is 12.4. The van der Waals surface area contributed by atoms with Crippen LogP contribution in [0.2, 0.25) is 0 Å². The number of amides is 1. The summed E-state index contributed by atoms with van der Waals surface area (Å²) in [6, 6.07) is -0.200. The van der Waals surface area contributed by atoms with Crippen molar-refractivity contribution in [3.63, 3.8) is 0 Å². The van der Waals surface area contributed by atoms with Crippen LogP contribution in [-0.4, -0.2) is 60.3 Å². The van der Waals surface area contributed by atoms with Gasteiger partial charge in [-0.2, -0.15) is 8.42 Å². The second-order valence-electron chi connectivity index (χ2n) is 6.25. The van der Waals surface area contributed by atoms with Gasteiger partial charge in [-0.25, -0.2) is 9.78 Å². The van der Waals surface area contributed by atoms with Gasteiger partial charge in [0.2, 0.25) is 0 Å². The average Bonchev–Trinajstić information content (AvgIpc) is 3.22. The third kappa shape index (κ3) is 4.08. The minimum Gasteiger partial charge on any atom is -0.445 e. The van der Waals surface area contributed by atoms with E-state index < -0.39 is 22.3 Å². The Morgan fingerprint density at radius 3 is 2.96 bits per heavy atom. The molecule has 0 unspecified atom stereocenters. The molecule has 3 heterocycles. The number of likely N-dealkylation sites (tertiary alicyclic amines) is 1. The van der Waals surface area contributed by atoms with Gasteiger partial charge in [-0.05, 0) is 13.3 Å². The van der Waals surface area contributed by atoms with Crippen molar-refractivity contribution in [3.05, 3.63) is 35.8 Å². The van der Waals surface area contributed by atoms with Crippen LogP contribution >= 0.6 is 11.3 Å². The van der Waals surface area contributed by atoms with E-state index >= 15 is 0 Å². The lowest BCUT2D eigenvalue weighted by atomic mass is 10.1. The zero-order chi connectivity index (χ0) is 18.9. The Labute approximate surface area is 156 Å². The molecule has 0 spiro atoms. The Morgan fingerprint density at radius 2 is 2.31 bits per heavy atom. The first-order valence-corrected chi connectivity index (χ1v) is 10.7. The summed E-state index contributed by atoms with van der Waals surface area (Å²) in [7, 11) is -3.59. The summed E-state index contributed by atoms with van der Waals surface area (Å²) >= 11 is 1.61. The Balaban J connectivity index is 1.80. The molecule has 0 N–H and O–H groups in total. The lowest BCUT2D eigenvalue weighted by molar-refractivity contribution is 0.104. The number of ether oxygens (including phenoxy) is 1. The molecule has 2 aromatic rings. The fraction of sp³-hybridized carbons (Fsp3) is 0.500. The van der Waals surface area contributed by atoms with E-state index in [4.69, 9.17) is 8.92 Å². The summed E-state index contributed by atoms with van der Waals surface area (Å²) in [4.78, 5) is 20.2. The molecule has 0 aromatic carbocycles. The molecule has 142 valence electrons. The largest absolute Gasteiger partial charge is 0.445 e. The van der Waals surface area contributed by atoms with Gasteiger partial charge in [0, 0.05) is 23.0 Å². The van der Waals surface area contributed by atoms with Crippen LogP contribution in [0.5, 0.6) is 0 Å². The van der Waals surface area contributed by atoms with Gasteiger partial charge in [-0.15, -0.1) is 11.3 Å². The number of carbonyl (C=O) groups is 1. The summed E-state index contributed by atoms with van der Waals surface area (Å²) < 4.78 is 35.2. The van der Waals surface area contributed by atoms with Gasteiger partial charge in [0.1, 0.15) is 17.8 Å². The molecule has 1 aliphatic heterocycles. The summed E-state index contributed by atoms with van der Waals surface area (Å²) in [5.41, 5.74) is 1.06. The van der Waals surface area contributed by atoms with Crippen LogP contribution in [0.4, 0.5) is 4.79 Å². The molecule has 10 heteroatoms. The van der Waals surface area contributed by atoms with Crippen molar-refractivity contribution in [1.82, 2.24) is 14.3 Å². The van der Waals surface area contributed by atoms with Crippen molar-refractivity contribution in [3.8, 4) is 0 Å². The van der Waals surface area contributed by atoms with Gasteiger partial charge in [0.15, 0.2) is 0 Å². The molecule has 1 amide bonds. The van der Waals surface area contributed by atoms with E-state index in [9.17, 15) is 13.2 Å². The summed E-state index contributed by atoms with van der Waals surface area (Å²) in [6.07, 6.45) is 6.03. The highest BCUT2D eigenvalue weighted by Crippen LogP contribution is 2.30. The quantitative estimate of drug-likeness (QED) is 0.545. The molecule has 0 radical (unpaired) electrons. The first-order valence-electron chi connectivity index (χ1n) is 8.11. The van der Waals surface area contributed by atoms with Crippen molar-refractivity contribution in [1.29, 1.82) is 0 Å². The van der Waals surface area contributed by atoms with E-state index in [1.165, 1.54) is 6.08 Å². The van der Waals surface area contributed by atoms with Crippen molar-refractivity contribution in [2.24, 2.45) is 0 Å². The van der Waals surface area contributed by atoms with Crippen LogP contribution in [-0.2, 0) is 25.5 Å². The van der Waals surface area contributed by atoms with Crippen molar-refractivity contribution in [2.75, 3.05) is 19.4 Å². The van der Waals surface area contributed by atoms with E-state index in [2.05, 4.69) is 11.6 Å². The predicted molar refractivity (Wildman–Crippen MR) is 97.9 cm³/mol. The number of aromatic nitrogens is 2. The van der Waals surface area contributed by atoms with Gasteiger partial charge < -0.3 is 9.64 Å². The van der Waals surface area contributed by atoms with Gasteiger partial charge in [-0.3, -0.25) is 8.58 Å². The van der Waals surface area contributed by atoms with Crippen LogP contribution in [0.25, 0.3) is 4.83 Å². The molecule has 26 heavy (non-hydrogen) atoms. The second kappa shape index (κ2) is 7.37. The summed E-state index contributed by atoms with van der Waals surface area (Å²) in [6.45, 7) is 5.82. The predicted octanol–water partition coefficient (Wildman–Crippen LogP) is 1.99. The molecule has 2 atom stereocenters. The van der Waals surface area contributed by atoms with Crippen molar-refractivity contribution >= 4 is 32.4 Å². The molecule has 0 bridgehead atoms. The first kappa shape index (κ1) is 18.9. The van der Waals surface area contributed by atoms with Crippen LogP contribution < -0.4 is 0 Å². The second-order valence-corrected chi connectivity index (χ2v) is 8.96. The number of carbonyl (C=O) groups excluding carboxylic acids is 1. The van der Waals surface area contributed by atoms with Crippen LogP contribution in [0.3, 0.4) is 0 Å². The number of rotatable bonds is 6. The summed E-state index contributed by atoms with van der Waals surface area (Å²) in [5, 5.41) is 0. The molecule has 1 fully saturated rings. The average molecular weight is 399 g/mol. The van der Waals surface area contributed by atoms with Crippen LogP contribution in [0.15, 0.2) is 25.2 Å². The number of aryl methyl sites for hydroxylation is 1. The fourth-order valence-electron chi connectivity index (χ4n) is 3.17. The monoisotopic (exact) mass is 399 g/mol. The molecule has 0 saturated carbocycles. The number of nitrogens with zero attached hydrogens (tertiary/aromatic N) is 3. The van der Waals surface area contributed by atoms with E-state index in [-0.39, 0.29) is 19.2 Å². The highest BCUT2D eigenvalue weighted by molar-refractivity contribution is 7.86.